The van der Waals surface area contributed by atoms with E-state index >= 15 is 0 Å². The highest BCUT2D eigenvalue weighted by Gasteiger charge is 2.39. The van der Waals surface area contributed by atoms with Crippen LogP contribution in [0.1, 0.15) is 32.6 Å². The zero-order valence-electron chi connectivity index (χ0n) is 13.2. The lowest BCUT2D eigenvalue weighted by molar-refractivity contribution is -0.118. The molecule has 7 heteroatoms. The number of rotatable bonds is 7. The smallest absolute Gasteiger partial charge is 0.238 e. The highest BCUT2D eigenvalue weighted by Crippen LogP contribution is 2.39. The van der Waals surface area contributed by atoms with Gasteiger partial charge in [0.25, 0.3) is 0 Å². The molecule has 0 unspecified atom stereocenters. The first kappa shape index (κ1) is 16.4. The first-order valence-corrected chi connectivity index (χ1v) is 9.57. The largest absolute Gasteiger partial charge is 0.325 e. The standard InChI is InChI=1S/C16H23N3O3S/c1-11(12-5-6-12)19(14-7-8-14)10-16(20)18-13-3-2-4-15(9-13)23(17,21)22/h2-4,9,11-12,14H,5-8,10H2,1H3,(H,18,20)(H2,17,21,22)/t11-/m1/s1. The number of primary sulfonamides is 1. The van der Waals surface area contributed by atoms with Gasteiger partial charge in [0.2, 0.25) is 15.9 Å². The van der Waals surface area contributed by atoms with Gasteiger partial charge in [-0.1, -0.05) is 6.07 Å². The van der Waals surface area contributed by atoms with Crippen LogP contribution in [0, 0.1) is 5.92 Å². The number of sulfonamides is 1. The van der Waals surface area contributed by atoms with Crippen molar-refractivity contribution in [2.24, 2.45) is 11.1 Å². The monoisotopic (exact) mass is 337 g/mol. The Hall–Kier alpha value is -1.44. The number of anilines is 1. The minimum absolute atomic E-state index is 0.000646. The van der Waals surface area contributed by atoms with E-state index in [1.54, 1.807) is 12.1 Å². The molecule has 3 N–H and O–H groups in total. The van der Waals surface area contributed by atoms with Gasteiger partial charge >= 0.3 is 0 Å². The first-order valence-electron chi connectivity index (χ1n) is 8.03. The second-order valence-electron chi connectivity index (χ2n) is 6.60. The van der Waals surface area contributed by atoms with Crippen LogP contribution in [0.15, 0.2) is 29.2 Å². The summed E-state index contributed by atoms with van der Waals surface area (Å²) in [6.07, 6.45) is 4.82. The van der Waals surface area contributed by atoms with Crippen LogP contribution in [-0.2, 0) is 14.8 Å². The highest BCUT2D eigenvalue weighted by atomic mass is 32.2. The molecular formula is C16H23N3O3S. The van der Waals surface area contributed by atoms with Crippen LogP contribution >= 0.6 is 0 Å². The Morgan fingerprint density at radius 3 is 2.61 bits per heavy atom. The van der Waals surface area contributed by atoms with Gasteiger partial charge in [-0.15, -0.1) is 0 Å². The minimum atomic E-state index is -3.77. The maximum atomic E-state index is 12.3. The van der Waals surface area contributed by atoms with E-state index in [-0.39, 0.29) is 10.8 Å². The lowest BCUT2D eigenvalue weighted by Gasteiger charge is -2.28. The zero-order chi connectivity index (χ0) is 16.6. The van der Waals surface area contributed by atoms with Gasteiger partial charge in [0.05, 0.1) is 11.4 Å². The zero-order valence-corrected chi connectivity index (χ0v) is 14.1. The Morgan fingerprint density at radius 1 is 1.35 bits per heavy atom. The van der Waals surface area contributed by atoms with Crippen molar-refractivity contribution in [3.05, 3.63) is 24.3 Å². The fourth-order valence-electron chi connectivity index (χ4n) is 2.98. The number of benzene rings is 1. The van der Waals surface area contributed by atoms with Crippen molar-refractivity contribution in [2.75, 3.05) is 11.9 Å². The number of nitrogens with zero attached hydrogens (tertiary/aromatic N) is 1. The lowest BCUT2D eigenvalue weighted by Crippen LogP contribution is -2.42. The minimum Gasteiger partial charge on any atom is -0.325 e. The maximum Gasteiger partial charge on any atom is 0.238 e. The molecule has 1 amide bonds. The van der Waals surface area contributed by atoms with Crippen LogP contribution in [-0.4, -0.2) is 37.9 Å². The van der Waals surface area contributed by atoms with Gasteiger partial charge in [0.15, 0.2) is 0 Å². The summed E-state index contributed by atoms with van der Waals surface area (Å²) in [5.74, 6) is 0.602. The molecule has 2 saturated carbocycles. The summed E-state index contributed by atoms with van der Waals surface area (Å²) < 4.78 is 22.7. The van der Waals surface area contributed by atoms with Crippen molar-refractivity contribution < 1.29 is 13.2 Å². The lowest BCUT2D eigenvalue weighted by atomic mass is 10.1. The number of nitrogens with two attached hydrogens (primary N) is 1. The summed E-state index contributed by atoms with van der Waals surface area (Å²) in [5, 5.41) is 7.90. The average molecular weight is 337 g/mol. The molecule has 6 nitrogen and oxygen atoms in total. The van der Waals surface area contributed by atoms with E-state index in [0.717, 1.165) is 12.8 Å². The second-order valence-corrected chi connectivity index (χ2v) is 8.16. The van der Waals surface area contributed by atoms with Crippen molar-refractivity contribution in [3.63, 3.8) is 0 Å². The summed E-state index contributed by atoms with van der Waals surface area (Å²) in [6, 6.07) is 6.99. The number of carbonyl (C=O) groups excluding carboxylic acids is 1. The average Bonchev–Trinajstić information content (AvgIpc) is 3.37. The molecule has 0 heterocycles. The molecule has 0 aromatic heterocycles. The van der Waals surface area contributed by atoms with E-state index in [2.05, 4.69) is 17.1 Å². The normalized spacial score (nSPS) is 19.6. The number of carbonyl (C=O) groups is 1. The first-order chi connectivity index (χ1) is 10.8. The quantitative estimate of drug-likeness (QED) is 0.789. The van der Waals surface area contributed by atoms with Crippen LogP contribution in [0.3, 0.4) is 0 Å². The van der Waals surface area contributed by atoms with Gasteiger partial charge in [-0.05, 0) is 56.7 Å². The van der Waals surface area contributed by atoms with Crippen molar-refractivity contribution in [1.29, 1.82) is 0 Å². The third-order valence-electron chi connectivity index (χ3n) is 4.62. The summed E-state index contributed by atoms with van der Waals surface area (Å²) >= 11 is 0. The molecule has 1 aromatic rings. The summed E-state index contributed by atoms with van der Waals surface area (Å²) in [7, 11) is -3.77. The van der Waals surface area contributed by atoms with Gasteiger partial charge in [0.1, 0.15) is 0 Å². The van der Waals surface area contributed by atoms with E-state index < -0.39 is 10.0 Å². The van der Waals surface area contributed by atoms with Gasteiger partial charge in [-0.3, -0.25) is 9.69 Å². The Balaban J connectivity index is 1.64. The molecule has 3 rings (SSSR count). The number of hydrogen-bond donors (Lipinski definition) is 2. The van der Waals surface area contributed by atoms with Gasteiger partial charge in [0, 0.05) is 17.8 Å². The number of nitrogens with one attached hydrogen (secondary N) is 1. The molecule has 0 saturated heterocycles. The van der Waals surface area contributed by atoms with Crippen molar-refractivity contribution in [1.82, 2.24) is 4.90 Å². The summed E-state index contributed by atoms with van der Waals surface area (Å²) in [5.41, 5.74) is 0.455. The topological polar surface area (TPSA) is 92.5 Å². The van der Waals surface area contributed by atoms with Crippen molar-refractivity contribution in [3.8, 4) is 0 Å². The van der Waals surface area contributed by atoms with Gasteiger partial charge in [-0.2, -0.15) is 0 Å². The predicted octanol–water partition coefficient (Wildman–Crippen LogP) is 1.54. The Bertz CT molecular complexity index is 696. The molecule has 2 aliphatic rings. The van der Waals surface area contributed by atoms with Crippen LogP contribution in [0.5, 0.6) is 0 Å². The maximum absolute atomic E-state index is 12.3. The molecule has 2 fully saturated rings. The van der Waals surface area contributed by atoms with E-state index in [9.17, 15) is 13.2 Å². The third kappa shape index (κ3) is 4.31. The summed E-state index contributed by atoms with van der Waals surface area (Å²) in [6.45, 7) is 2.55. The molecular weight excluding hydrogens is 314 g/mol. The molecule has 1 aromatic carbocycles. The van der Waals surface area contributed by atoms with Crippen LogP contribution in [0.25, 0.3) is 0 Å². The number of hydrogen-bond acceptors (Lipinski definition) is 4. The van der Waals surface area contributed by atoms with E-state index in [4.69, 9.17) is 5.14 Å². The van der Waals surface area contributed by atoms with Crippen LogP contribution < -0.4 is 10.5 Å². The Labute approximate surface area is 137 Å². The SMILES string of the molecule is C[C@H](C1CC1)N(CC(=O)Nc1cccc(S(N)(=O)=O)c1)C1CC1. The molecule has 0 aliphatic heterocycles. The molecule has 0 bridgehead atoms. The third-order valence-corrected chi connectivity index (χ3v) is 5.53. The van der Waals surface area contributed by atoms with Gasteiger partial charge < -0.3 is 5.32 Å². The van der Waals surface area contributed by atoms with Gasteiger partial charge in [-0.25, -0.2) is 13.6 Å². The fraction of sp³-hybridized carbons (Fsp3) is 0.562. The highest BCUT2D eigenvalue weighted by molar-refractivity contribution is 7.89. The molecule has 126 valence electrons. The molecule has 0 spiro atoms. The van der Waals surface area contributed by atoms with Crippen molar-refractivity contribution in [2.45, 2.75) is 49.6 Å². The molecule has 1 atom stereocenters. The fourth-order valence-corrected chi connectivity index (χ4v) is 3.54. The van der Waals surface area contributed by atoms with E-state index in [1.165, 1.54) is 25.0 Å². The molecule has 23 heavy (non-hydrogen) atoms. The van der Waals surface area contributed by atoms with E-state index in [0.29, 0.717) is 30.2 Å². The second kappa shape index (κ2) is 6.22. The summed E-state index contributed by atoms with van der Waals surface area (Å²) in [4.78, 5) is 14.6. The predicted molar refractivity (Wildman–Crippen MR) is 88.4 cm³/mol. The molecule has 0 radical (unpaired) electrons. The Kier molecular flexibility index (Phi) is 4.44. The Morgan fingerprint density at radius 2 is 2.04 bits per heavy atom. The van der Waals surface area contributed by atoms with Crippen molar-refractivity contribution >= 4 is 21.6 Å². The van der Waals surface area contributed by atoms with Crippen LogP contribution in [0.2, 0.25) is 0 Å². The molecule has 2 aliphatic carbocycles. The van der Waals surface area contributed by atoms with Crippen LogP contribution in [0.4, 0.5) is 5.69 Å². The number of amides is 1. The van der Waals surface area contributed by atoms with E-state index in [1.807, 2.05) is 0 Å².